The molecule has 1 unspecified atom stereocenters. The number of hydrogen-bond acceptors (Lipinski definition) is 4. The minimum Gasteiger partial charge on any atom is -0.336 e. The van der Waals surface area contributed by atoms with Gasteiger partial charge in [-0.3, -0.25) is 10.1 Å². The monoisotopic (exact) mass is 401 g/mol. The second-order valence-electron chi connectivity index (χ2n) is 6.28. The Bertz CT molecular complexity index is 852. The molecule has 0 saturated carbocycles. The Labute approximate surface area is 167 Å². The van der Waals surface area contributed by atoms with Gasteiger partial charge in [-0.15, -0.1) is 0 Å². The fourth-order valence-corrected chi connectivity index (χ4v) is 4.07. The lowest BCUT2D eigenvalue weighted by Gasteiger charge is -2.17. The van der Waals surface area contributed by atoms with E-state index in [2.05, 4.69) is 21.7 Å². The Balaban J connectivity index is 1.60. The number of thioether (sulfide) groups is 1. The minimum absolute atomic E-state index is 0.126. The number of nitro benzene ring substituents is 1. The zero-order valence-corrected chi connectivity index (χ0v) is 16.3. The van der Waals surface area contributed by atoms with Crippen molar-refractivity contribution < 1.29 is 4.92 Å². The van der Waals surface area contributed by atoms with Gasteiger partial charge in [-0.1, -0.05) is 35.9 Å². The van der Waals surface area contributed by atoms with Crippen molar-refractivity contribution in [3.8, 4) is 0 Å². The van der Waals surface area contributed by atoms with Gasteiger partial charge in [-0.2, -0.15) is 11.8 Å². The molecule has 0 aliphatic heterocycles. The zero-order chi connectivity index (χ0) is 19.1. The molecule has 3 rings (SSSR count). The zero-order valence-electron chi connectivity index (χ0n) is 14.7. The van der Waals surface area contributed by atoms with Crippen molar-refractivity contribution in [2.45, 2.75) is 30.4 Å². The summed E-state index contributed by atoms with van der Waals surface area (Å²) in [6.07, 6.45) is 7.60. The third-order valence-electron chi connectivity index (χ3n) is 4.27. The number of aromatic nitrogens is 2. The van der Waals surface area contributed by atoms with Crippen molar-refractivity contribution in [1.82, 2.24) is 9.55 Å². The van der Waals surface area contributed by atoms with Crippen LogP contribution in [0.25, 0.3) is 0 Å². The minimum atomic E-state index is -0.370. The van der Waals surface area contributed by atoms with Crippen molar-refractivity contribution in [3.05, 3.63) is 93.5 Å². The van der Waals surface area contributed by atoms with Crippen LogP contribution < -0.4 is 0 Å². The summed E-state index contributed by atoms with van der Waals surface area (Å²) in [7, 11) is 0. The first kappa shape index (κ1) is 19.5. The van der Waals surface area contributed by atoms with Gasteiger partial charge >= 0.3 is 0 Å². The van der Waals surface area contributed by atoms with Gasteiger partial charge in [0.1, 0.15) is 0 Å². The first-order chi connectivity index (χ1) is 13.1. The molecule has 7 heteroatoms. The van der Waals surface area contributed by atoms with Crippen molar-refractivity contribution >= 4 is 29.1 Å². The Morgan fingerprint density at radius 3 is 2.44 bits per heavy atom. The molecular weight excluding hydrogens is 382 g/mol. The smallest absolute Gasteiger partial charge is 0.269 e. The second-order valence-corrected chi connectivity index (χ2v) is 8.01. The molecule has 5 nitrogen and oxygen atoms in total. The highest BCUT2D eigenvalue weighted by molar-refractivity contribution is 7.99. The van der Waals surface area contributed by atoms with Crippen molar-refractivity contribution in [3.63, 3.8) is 0 Å². The largest absolute Gasteiger partial charge is 0.336 e. The van der Waals surface area contributed by atoms with Gasteiger partial charge in [0.05, 0.1) is 11.3 Å². The average molecular weight is 402 g/mol. The molecule has 0 spiro atoms. The van der Waals surface area contributed by atoms with Gasteiger partial charge in [0.2, 0.25) is 0 Å². The number of halogens is 1. The standard InChI is InChI=1S/C20H20ClN3O2S/c21-18-6-1-16(2-7-18)5-10-20(13-23-12-11-22-15-23)27-14-17-3-8-19(9-4-17)24(25)26/h1-4,6-9,11-12,15,20H,5,10,13-14H2. The van der Waals surface area contributed by atoms with Crippen LogP contribution in [-0.2, 0) is 18.7 Å². The van der Waals surface area contributed by atoms with E-state index >= 15 is 0 Å². The normalized spacial score (nSPS) is 12.0. The molecule has 0 bridgehead atoms. The summed E-state index contributed by atoms with van der Waals surface area (Å²) >= 11 is 7.83. The lowest BCUT2D eigenvalue weighted by Crippen LogP contribution is -2.13. The maximum Gasteiger partial charge on any atom is 0.269 e. The fourth-order valence-electron chi connectivity index (χ4n) is 2.76. The van der Waals surface area contributed by atoms with Gasteiger partial charge in [-0.05, 0) is 36.1 Å². The Kier molecular flexibility index (Phi) is 6.90. The summed E-state index contributed by atoms with van der Waals surface area (Å²) < 4.78 is 2.09. The Hall–Kier alpha value is -2.31. The van der Waals surface area contributed by atoms with Gasteiger partial charge < -0.3 is 4.57 Å². The highest BCUT2D eigenvalue weighted by Crippen LogP contribution is 2.25. The fraction of sp³-hybridized carbons (Fsp3) is 0.250. The number of non-ortho nitro benzene ring substituents is 1. The summed E-state index contributed by atoms with van der Waals surface area (Å²) in [5, 5.41) is 11.9. The molecule has 0 N–H and O–H groups in total. The predicted molar refractivity (Wildman–Crippen MR) is 110 cm³/mol. The Morgan fingerprint density at radius 1 is 1.11 bits per heavy atom. The van der Waals surface area contributed by atoms with E-state index in [1.165, 1.54) is 5.56 Å². The van der Waals surface area contributed by atoms with E-state index in [0.29, 0.717) is 5.25 Å². The summed E-state index contributed by atoms with van der Waals surface area (Å²) in [5.74, 6) is 0.817. The van der Waals surface area contributed by atoms with Gasteiger partial charge in [0, 0.05) is 47.1 Å². The van der Waals surface area contributed by atoms with Crippen LogP contribution in [-0.4, -0.2) is 19.7 Å². The molecule has 3 aromatic rings. The van der Waals surface area contributed by atoms with Crippen molar-refractivity contribution in [2.75, 3.05) is 0 Å². The average Bonchev–Trinajstić information content (AvgIpc) is 3.18. The molecule has 1 aromatic heterocycles. The molecule has 0 aliphatic carbocycles. The molecule has 0 aliphatic rings. The number of hydrogen-bond donors (Lipinski definition) is 0. The molecule has 0 amide bonds. The number of rotatable bonds is 9. The van der Waals surface area contributed by atoms with E-state index in [1.54, 1.807) is 18.3 Å². The van der Waals surface area contributed by atoms with Crippen molar-refractivity contribution in [1.29, 1.82) is 0 Å². The van der Waals surface area contributed by atoms with Crippen molar-refractivity contribution in [2.24, 2.45) is 0 Å². The number of imidazole rings is 1. The molecule has 1 atom stereocenters. The molecule has 0 fully saturated rings. The van der Waals surface area contributed by atoms with Crippen LogP contribution in [0.5, 0.6) is 0 Å². The lowest BCUT2D eigenvalue weighted by atomic mass is 10.1. The maximum absolute atomic E-state index is 10.8. The molecular formula is C20H20ClN3O2S. The first-order valence-electron chi connectivity index (χ1n) is 8.65. The van der Waals surface area contributed by atoms with Crippen LogP contribution >= 0.6 is 23.4 Å². The van der Waals surface area contributed by atoms with Crippen LogP contribution in [0.2, 0.25) is 5.02 Å². The molecule has 1 heterocycles. The lowest BCUT2D eigenvalue weighted by molar-refractivity contribution is -0.384. The third kappa shape index (κ3) is 6.12. The van der Waals surface area contributed by atoms with Gasteiger partial charge in [0.15, 0.2) is 0 Å². The SMILES string of the molecule is O=[N+]([O-])c1ccc(CSC(CCc2ccc(Cl)cc2)Cn2ccnc2)cc1. The van der Waals surface area contributed by atoms with E-state index in [-0.39, 0.29) is 10.6 Å². The highest BCUT2D eigenvalue weighted by Gasteiger charge is 2.12. The molecule has 0 radical (unpaired) electrons. The predicted octanol–water partition coefficient (Wildman–Crippen LogP) is 5.38. The number of benzene rings is 2. The summed E-state index contributed by atoms with van der Waals surface area (Å²) in [4.78, 5) is 14.5. The number of nitrogens with zero attached hydrogens (tertiary/aromatic N) is 3. The van der Waals surface area contributed by atoms with E-state index in [1.807, 2.05) is 48.6 Å². The highest BCUT2D eigenvalue weighted by atomic mass is 35.5. The third-order valence-corrected chi connectivity index (χ3v) is 5.88. The molecule has 140 valence electrons. The quantitative estimate of drug-likeness (QED) is 0.356. The van der Waals surface area contributed by atoms with Crippen LogP contribution in [0.15, 0.2) is 67.3 Å². The number of nitro groups is 1. The Morgan fingerprint density at radius 2 is 1.81 bits per heavy atom. The van der Waals surface area contributed by atoms with Crippen LogP contribution in [0.3, 0.4) is 0 Å². The molecule has 0 saturated heterocycles. The topological polar surface area (TPSA) is 61.0 Å². The van der Waals surface area contributed by atoms with E-state index < -0.39 is 0 Å². The second kappa shape index (κ2) is 9.58. The summed E-state index contributed by atoms with van der Waals surface area (Å²) in [6, 6.07) is 14.8. The maximum atomic E-state index is 10.8. The van der Waals surface area contributed by atoms with E-state index in [4.69, 9.17) is 11.6 Å². The van der Waals surface area contributed by atoms with E-state index in [9.17, 15) is 10.1 Å². The van der Waals surface area contributed by atoms with Gasteiger partial charge in [0.25, 0.3) is 5.69 Å². The van der Waals surface area contributed by atoms with Crippen LogP contribution in [0.1, 0.15) is 17.5 Å². The summed E-state index contributed by atoms with van der Waals surface area (Å²) in [6.45, 7) is 0.880. The first-order valence-corrected chi connectivity index (χ1v) is 10.1. The van der Waals surface area contributed by atoms with Crippen LogP contribution in [0.4, 0.5) is 5.69 Å². The molecule has 27 heavy (non-hydrogen) atoms. The summed E-state index contributed by atoms with van der Waals surface area (Å²) in [5.41, 5.74) is 2.49. The number of aryl methyl sites for hydroxylation is 1. The van der Waals surface area contributed by atoms with Crippen LogP contribution in [0, 0.1) is 10.1 Å². The van der Waals surface area contributed by atoms with Gasteiger partial charge in [-0.25, -0.2) is 4.98 Å². The molecule has 2 aromatic carbocycles. The van der Waals surface area contributed by atoms with E-state index in [0.717, 1.165) is 35.7 Å².